The van der Waals surface area contributed by atoms with Gasteiger partial charge in [0.25, 0.3) is 0 Å². The fourth-order valence-electron chi connectivity index (χ4n) is 1.52. The first-order valence-electron chi connectivity index (χ1n) is 5.32. The summed E-state index contributed by atoms with van der Waals surface area (Å²) in [4.78, 5) is 0. The Morgan fingerprint density at radius 2 is 1.74 bits per heavy atom. The second-order valence-corrected chi connectivity index (χ2v) is 4.54. The van der Waals surface area contributed by atoms with E-state index in [1.54, 1.807) is 0 Å². The molecule has 2 nitrogen and oxygen atoms in total. The van der Waals surface area contributed by atoms with Crippen molar-refractivity contribution in [2.24, 2.45) is 5.73 Å². The number of nitrogens with two attached hydrogens (primary N) is 1. The van der Waals surface area contributed by atoms with Crippen LogP contribution in [0.1, 0.15) is 5.56 Å². The molecular weight excluding hydrogens is 295 g/mol. The van der Waals surface area contributed by atoms with Crippen LogP contribution in [0.4, 0.5) is 8.78 Å². The van der Waals surface area contributed by atoms with Gasteiger partial charge in [0, 0.05) is 12.1 Å². The summed E-state index contributed by atoms with van der Waals surface area (Å²) >= 11 is 11.9. The highest BCUT2D eigenvalue weighted by molar-refractivity contribution is 6.36. The first-order chi connectivity index (χ1) is 9.02. The van der Waals surface area contributed by atoms with Gasteiger partial charge in [-0.05, 0) is 24.3 Å². The lowest BCUT2D eigenvalue weighted by molar-refractivity contribution is 0.416. The molecule has 0 spiro atoms. The van der Waals surface area contributed by atoms with Crippen molar-refractivity contribution in [2.75, 3.05) is 0 Å². The highest BCUT2D eigenvalue weighted by Gasteiger charge is 2.12. The van der Waals surface area contributed by atoms with E-state index in [9.17, 15) is 8.78 Å². The van der Waals surface area contributed by atoms with Crippen molar-refractivity contribution in [1.29, 1.82) is 0 Å². The summed E-state index contributed by atoms with van der Waals surface area (Å²) in [5, 5.41) is 0.614. The topological polar surface area (TPSA) is 35.2 Å². The van der Waals surface area contributed by atoms with Gasteiger partial charge in [0.1, 0.15) is 5.75 Å². The van der Waals surface area contributed by atoms with Crippen LogP contribution < -0.4 is 10.5 Å². The van der Waals surface area contributed by atoms with Gasteiger partial charge >= 0.3 is 0 Å². The van der Waals surface area contributed by atoms with Crippen LogP contribution in [0.5, 0.6) is 11.5 Å². The number of hydrogen-bond acceptors (Lipinski definition) is 2. The minimum atomic E-state index is -1.07. The number of halogens is 4. The van der Waals surface area contributed by atoms with Crippen molar-refractivity contribution in [3.05, 3.63) is 57.6 Å². The molecule has 0 atom stereocenters. The second-order valence-electron chi connectivity index (χ2n) is 3.72. The maximum absolute atomic E-state index is 13.4. The molecule has 0 amide bonds. The van der Waals surface area contributed by atoms with E-state index in [1.807, 2.05) is 0 Å². The fraction of sp³-hybridized carbons (Fsp3) is 0.0769. The van der Waals surface area contributed by atoms with Gasteiger partial charge in [-0.25, -0.2) is 4.39 Å². The van der Waals surface area contributed by atoms with Gasteiger partial charge in [-0.2, -0.15) is 4.39 Å². The zero-order valence-electron chi connectivity index (χ0n) is 9.59. The predicted octanol–water partition coefficient (Wildman–Crippen LogP) is 4.52. The van der Waals surface area contributed by atoms with Crippen molar-refractivity contribution in [1.82, 2.24) is 0 Å². The van der Waals surface area contributed by atoms with Crippen LogP contribution in [0.2, 0.25) is 10.0 Å². The Labute approximate surface area is 118 Å². The van der Waals surface area contributed by atoms with E-state index in [0.29, 0.717) is 15.6 Å². The van der Waals surface area contributed by atoms with E-state index >= 15 is 0 Å². The van der Waals surface area contributed by atoms with E-state index in [0.717, 1.165) is 6.07 Å². The molecule has 2 rings (SSSR count). The van der Waals surface area contributed by atoms with Gasteiger partial charge in [0.2, 0.25) is 5.82 Å². The normalized spacial score (nSPS) is 10.6. The van der Waals surface area contributed by atoms with Crippen LogP contribution in [0.3, 0.4) is 0 Å². The smallest absolute Gasteiger partial charge is 0.201 e. The third kappa shape index (κ3) is 2.97. The van der Waals surface area contributed by atoms with Crippen LogP contribution in [0.15, 0.2) is 30.3 Å². The third-order valence-corrected chi connectivity index (χ3v) is 3.14. The zero-order valence-corrected chi connectivity index (χ0v) is 11.1. The Morgan fingerprint density at radius 1 is 1.11 bits per heavy atom. The molecule has 0 aliphatic heterocycles. The molecule has 2 aromatic carbocycles. The molecule has 0 fully saturated rings. The molecule has 0 unspecified atom stereocenters. The lowest BCUT2D eigenvalue weighted by Crippen LogP contribution is -1.99. The van der Waals surface area contributed by atoms with Gasteiger partial charge in [0.05, 0.1) is 10.0 Å². The van der Waals surface area contributed by atoms with Crippen LogP contribution >= 0.6 is 23.2 Å². The summed E-state index contributed by atoms with van der Waals surface area (Å²) < 4.78 is 31.7. The quantitative estimate of drug-likeness (QED) is 0.904. The first-order valence-corrected chi connectivity index (χ1v) is 6.08. The van der Waals surface area contributed by atoms with Crippen LogP contribution in [-0.4, -0.2) is 0 Å². The highest BCUT2D eigenvalue weighted by Crippen LogP contribution is 2.33. The molecule has 0 aliphatic rings. The lowest BCUT2D eigenvalue weighted by atomic mass is 10.2. The Bertz CT molecular complexity index is 597. The Balaban J connectivity index is 2.36. The number of rotatable bonds is 3. The Kier molecular flexibility index (Phi) is 4.24. The summed E-state index contributed by atoms with van der Waals surface area (Å²) in [5.41, 5.74) is 6.04. The number of benzene rings is 2. The molecule has 0 heterocycles. The zero-order chi connectivity index (χ0) is 14.0. The van der Waals surface area contributed by atoms with Crippen molar-refractivity contribution in [3.8, 4) is 11.5 Å². The average Bonchev–Trinajstić information content (AvgIpc) is 2.35. The van der Waals surface area contributed by atoms with Crippen LogP contribution in [0, 0.1) is 11.6 Å². The molecule has 19 heavy (non-hydrogen) atoms. The molecule has 0 aliphatic carbocycles. The van der Waals surface area contributed by atoms with Crippen molar-refractivity contribution < 1.29 is 13.5 Å². The van der Waals surface area contributed by atoms with Crippen molar-refractivity contribution >= 4 is 23.2 Å². The maximum Gasteiger partial charge on any atom is 0.201 e. The lowest BCUT2D eigenvalue weighted by Gasteiger charge is -2.10. The standard InChI is InChI=1S/C13H9Cl2F2NO/c14-9-4-7(5-10(15)8(9)6-18)19-12-3-1-2-11(16)13(12)17/h1-5H,6,18H2. The molecule has 0 bridgehead atoms. The summed E-state index contributed by atoms with van der Waals surface area (Å²) in [6, 6.07) is 6.53. The van der Waals surface area contributed by atoms with E-state index in [1.165, 1.54) is 24.3 Å². The van der Waals surface area contributed by atoms with Crippen molar-refractivity contribution in [3.63, 3.8) is 0 Å². The molecule has 0 radical (unpaired) electrons. The maximum atomic E-state index is 13.4. The van der Waals surface area contributed by atoms with E-state index in [2.05, 4.69) is 0 Å². The summed E-state index contributed by atoms with van der Waals surface area (Å²) in [6.45, 7) is 0.173. The molecular formula is C13H9Cl2F2NO. The molecule has 0 saturated heterocycles. The monoisotopic (exact) mass is 303 g/mol. The predicted molar refractivity (Wildman–Crippen MR) is 70.8 cm³/mol. The Morgan fingerprint density at radius 3 is 2.32 bits per heavy atom. The van der Waals surface area contributed by atoms with Gasteiger partial charge in [-0.1, -0.05) is 29.3 Å². The second kappa shape index (κ2) is 5.74. The van der Waals surface area contributed by atoms with E-state index < -0.39 is 11.6 Å². The summed E-state index contributed by atoms with van der Waals surface area (Å²) in [5.74, 6) is -2.10. The minimum Gasteiger partial charge on any atom is -0.454 e. The SMILES string of the molecule is NCc1c(Cl)cc(Oc2cccc(F)c2F)cc1Cl. The first kappa shape index (κ1) is 14.1. The molecule has 2 N–H and O–H groups in total. The Hall–Kier alpha value is -1.36. The highest BCUT2D eigenvalue weighted by atomic mass is 35.5. The largest absolute Gasteiger partial charge is 0.454 e. The van der Waals surface area contributed by atoms with Gasteiger partial charge in [-0.15, -0.1) is 0 Å². The van der Waals surface area contributed by atoms with Gasteiger partial charge in [0.15, 0.2) is 11.6 Å². The summed E-state index contributed by atoms with van der Waals surface area (Å²) in [6.07, 6.45) is 0. The minimum absolute atomic E-state index is 0.173. The molecule has 100 valence electrons. The summed E-state index contributed by atoms with van der Waals surface area (Å²) in [7, 11) is 0. The van der Waals surface area contributed by atoms with Crippen molar-refractivity contribution in [2.45, 2.75) is 6.54 Å². The molecule has 2 aromatic rings. The van der Waals surface area contributed by atoms with Crippen LogP contribution in [0.25, 0.3) is 0 Å². The molecule has 0 aromatic heterocycles. The number of ether oxygens (including phenoxy) is 1. The molecule has 0 saturated carbocycles. The van der Waals surface area contributed by atoms with E-state index in [-0.39, 0.29) is 18.0 Å². The third-order valence-electron chi connectivity index (χ3n) is 2.46. The molecule has 6 heteroatoms. The van der Waals surface area contributed by atoms with E-state index in [4.69, 9.17) is 33.7 Å². The van der Waals surface area contributed by atoms with Gasteiger partial charge in [-0.3, -0.25) is 0 Å². The average molecular weight is 304 g/mol. The number of hydrogen-bond donors (Lipinski definition) is 1. The van der Waals surface area contributed by atoms with Crippen LogP contribution in [-0.2, 0) is 6.54 Å². The van der Waals surface area contributed by atoms with Gasteiger partial charge < -0.3 is 10.5 Å². The fourth-order valence-corrected chi connectivity index (χ4v) is 2.14.